The number of fused-ring (bicyclic) bond motifs is 1. The average Bonchev–Trinajstić information content (AvgIpc) is 2.69. The van der Waals surface area contributed by atoms with E-state index in [1.165, 1.54) is 10.5 Å². The molecule has 4 rings (SSSR count). The third-order valence-corrected chi connectivity index (χ3v) is 5.53. The molecule has 0 amide bonds. The highest BCUT2D eigenvalue weighted by atomic mass is 32.2. The van der Waals surface area contributed by atoms with Gasteiger partial charge in [0.2, 0.25) is 0 Å². The van der Waals surface area contributed by atoms with Crippen molar-refractivity contribution in [3.05, 3.63) is 76.0 Å². The minimum Gasteiger partial charge on any atom is -0.306 e. The summed E-state index contributed by atoms with van der Waals surface area (Å²) in [4.78, 5) is 27.8. The van der Waals surface area contributed by atoms with E-state index in [0.717, 1.165) is 36.3 Å². The van der Waals surface area contributed by atoms with Gasteiger partial charge >= 0.3 is 0 Å². The molecule has 1 aliphatic rings. The third-order valence-electron chi connectivity index (χ3n) is 4.69. The van der Waals surface area contributed by atoms with E-state index in [1.54, 1.807) is 24.2 Å². The quantitative estimate of drug-likeness (QED) is 0.721. The molecule has 0 spiro atoms. The van der Waals surface area contributed by atoms with Gasteiger partial charge in [0.05, 0.1) is 5.69 Å². The van der Waals surface area contributed by atoms with E-state index in [4.69, 9.17) is 4.98 Å². The molecule has 6 heteroatoms. The Morgan fingerprint density at radius 1 is 1.19 bits per heavy atom. The number of hydrogen-bond acceptors (Lipinski definition) is 5. The van der Waals surface area contributed by atoms with Gasteiger partial charge in [0.1, 0.15) is 5.82 Å². The van der Waals surface area contributed by atoms with Gasteiger partial charge in [-0.1, -0.05) is 18.2 Å². The van der Waals surface area contributed by atoms with Crippen molar-refractivity contribution in [2.75, 3.05) is 12.8 Å². The molecule has 0 saturated heterocycles. The molecule has 1 aliphatic heterocycles. The molecule has 5 nitrogen and oxygen atoms in total. The van der Waals surface area contributed by atoms with Crippen LogP contribution in [0, 0.1) is 0 Å². The van der Waals surface area contributed by atoms with Crippen molar-refractivity contribution in [2.45, 2.75) is 24.4 Å². The highest BCUT2D eigenvalue weighted by Crippen LogP contribution is 2.24. The van der Waals surface area contributed by atoms with Crippen LogP contribution in [0.25, 0.3) is 11.4 Å². The van der Waals surface area contributed by atoms with Gasteiger partial charge in [-0.3, -0.25) is 14.7 Å². The van der Waals surface area contributed by atoms with Crippen molar-refractivity contribution < 1.29 is 0 Å². The Labute approximate surface area is 156 Å². The second-order valence-electron chi connectivity index (χ2n) is 6.35. The number of thioether (sulfide) groups is 1. The molecule has 1 aromatic carbocycles. The number of pyridine rings is 1. The van der Waals surface area contributed by atoms with Crippen molar-refractivity contribution in [3.8, 4) is 11.4 Å². The molecule has 1 N–H and O–H groups in total. The van der Waals surface area contributed by atoms with E-state index >= 15 is 0 Å². The van der Waals surface area contributed by atoms with E-state index in [2.05, 4.69) is 45.4 Å². The third kappa shape index (κ3) is 3.43. The Balaban J connectivity index is 1.62. The zero-order chi connectivity index (χ0) is 17.9. The molecule has 3 heterocycles. The average molecular weight is 364 g/mol. The summed E-state index contributed by atoms with van der Waals surface area (Å²) in [5.74, 6) is 0.613. The Morgan fingerprint density at radius 2 is 2.00 bits per heavy atom. The lowest BCUT2D eigenvalue weighted by Crippen LogP contribution is -2.35. The van der Waals surface area contributed by atoms with Gasteiger partial charge in [0.15, 0.2) is 0 Å². The standard InChI is InChI=1S/C20H20N4OS/c1-26-18-5-3-2-4-15(18)12-24-11-8-16-17(13-24)22-19(23-20(16)25)14-6-9-21-10-7-14/h2-7,9-10H,8,11-13H2,1H3,(H,22,23,25). The van der Waals surface area contributed by atoms with Crippen LogP contribution >= 0.6 is 11.8 Å². The zero-order valence-corrected chi connectivity index (χ0v) is 15.4. The van der Waals surface area contributed by atoms with Crippen LogP contribution in [0.5, 0.6) is 0 Å². The van der Waals surface area contributed by atoms with Crippen molar-refractivity contribution in [2.24, 2.45) is 0 Å². The van der Waals surface area contributed by atoms with Crippen molar-refractivity contribution in [3.63, 3.8) is 0 Å². The maximum absolute atomic E-state index is 12.5. The summed E-state index contributed by atoms with van der Waals surface area (Å²) < 4.78 is 0. The monoisotopic (exact) mass is 364 g/mol. The van der Waals surface area contributed by atoms with Crippen molar-refractivity contribution in [1.82, 2.24) is 19.9 Å². The molecular formula is C20H20N4OS. The normalized spacial score (nSPS) is 14.2. The number of benzene rings is 1. The number of nitrogens with zero attached hydrogens (tertiary/aromatic N) is 3. The molecule has 0 radical (unpaired) electrons. The smallest absolute Gasteiger partial charge is 0.254 e. The van der Waals surface area contributed by atoms with Crippen LogP contribution in [-0.2, 0) is 19.5 Å². The van der Waals surface area contributed by atoms with Crippen molar-refractivity contribution in [1.29, 1.82) is 0 Å². The molecule has 0 saturated carbocycles. The lowest BCUT2D eigenvalue weighted by molar-refractivity contribution is 0.239. The number of aromatic nitrogens is 3. The Morgan fingerprint density at radius 3 is 2.81 bits per heavy atom. The first-order valence-corrected chi connectivity index (χ1v) is 9.84. The van der Waals surface area contributed by atoms with E-state index in [9.17, 15) is 4.79 Å². The highest BCUT2D eigenvalue weighted by molar-refractivity contribution is 7.98. The molecule has 0 atom stereocenters. The Kier molecular flexibility index (Phi) is 4.86. The second-order valence-corrected chi connectivity index (χ2v) is 7.20. The number of hydrogen-bond donors (Lipinski definition) is 1. The summed E-state index contributed by atoms with van der Waals surface area (Å²) in [6.45, 7) is 2.44. The molecule has 0 bridgehead atoms. The van der Waals surface area contributed by atoms with E-state index in [-0.39, 0.29) is 5.56 Å². The van der Waals surface area contributed by atoms with E-state index < -0.39 is 0 Å². The number of nitrogens with one attached hydrogen (secondary N) is 1. The van der Waals surface area contributed by atoms with Crippen LogP contribution in [-0.4, -0.2) is 32.7 Å². The van der Waals surface area contributed by atoms with Crippen LogP contribution < -0.4 is 5.56 Å². The van der Waals surface area contributed by atoms with Gasteiger partial charge in [0, 0.05) is 48.1 Å². The topological polar surface area (TPSA) is 61.9 Å². The van der Waals surface area contributed by atoms with Gasteiger partial charge < -0.3 is 4.98 Å². The molecule has 26 heavy (non-hydrogen) atoms. The molecule has 0 aliphatic carbocycles. The van der Waals surface area contributed by atoms with Crippen molar-refractivity contribution >= 4 is 11.8 Å². The summed E-state index contributed by atoms with van der Waals surface area (Å²) in [7, 11) is 0. The van der Waals surface area contributed by atoms with Crippen LogP contribution in [0.4, 0.5) is 0 Å². The minimum atomic E-state index is -0.0222. The minimum absolute atomic E-state index is 0.0222. The predicted octanol–water partition coefficient (Wildman–Crippen LogP) is 3.11. The summed E-state index contributed by atoms with van der Waals surface area (Å²) in [5.41, 5.74) is 3.88. The highest BCUT2D eigenvalue weighted by Gasteiger charge is 2.22. The van der Waals surface area contributed by atoms with Gasteiger partial charge in [-0.2, -0.15) is 0 Å². The summed E-state index contributed by atoms with van der Waals surface area (Å²) in [6.07, 6.45) is 6.25. The van der Waals surface area contributed by atoms with Gasteiger partial charge in [-0.15, -0.1) is 11.8 Å². The fourth-order valence-electron chi connectivity index (χ4n) is 3.35. The number of H-pyrrole nitrogens is 1. The first-order valence-electron chi connectivity index (χ1n) is 8.61. The fourth-order valence-corrected chi connectivity index (χ4v) is 3.96. The van der Waals surface area contributed by atoms with Crippen LogP contribution in [0.1, 0.15) is 16.8 Å². The van der Waals surface area contributed by atoms with Crippen LogP contribution in [0.3, 0.4) is 0 Å². The summed E-state index contributed by atoms with van der Waals surface area (Å²) in [5, 5.41) is 0. The fraction of sp³-hybridized carbons (Fsp3) is 0.250. The van der Waals surface area contributed by atoms with Gasteiger partial charge in [0.25, 0.3) is 5.56 Å². The maximum Gasteiger partial charge on any atom is 0.254 e. The predicted molar refractivity (Wildman–Crippen MR) is 104 cm³/mol. The lowest BCUT2D eigenvalue weighted by Gasteiger charge is -2.28. The Hall–Kier alpha value is -2.44. The van der Waals surface area contributed by atoms with Gasteiger partial charge in [-0.05, 0) is 36.4 Å². The molecule has 132 valence electrons. The number of aromatic amines is 1. The molecule has 0 fully saturated rings. The second kappa shape index (κ2) is 7.43. The molecular weight excluding hydrogens is 344 g/mol. The number of rotatable bonds is 4. The maximum atomic E-state index is 12.5. The van der Waals surface area contributed by atoms with Gasteiger partial charge in [-0.25, -0.2) is 4.98 Å². The van der Waals surface area contributed by atoms with Crippen LogP contribution in [0.15, 0.2) is 58.5 Å². The molecule has 0 unspecified atom stereocenters. The molecule has 3 aromatic rings. The lowest BCUT2D eigenvalue weighted by atomic mass is 10.1. The van der Waals surface area contributed by atoms with E-state index in [1.807, 2.05) is 12.1 Å². The zero-order valence-electron chi connectivity index (χ0n) is 14.6. The first kappa shape index (κ1) is 17.0. The first-order chi connectivity index (χ1) is 12.7. The summed E-state index contributed by atoms with van der Waals surface area (Å²) >= 11 is 1.77. The Bertz CT molecular complexity index is 971. The molecule has 2 aromatic heterocycles. The SMILES string of the molecule is CSc1ccccc1CN1CCc2c(nc(-c3ccncc3)[nH]c2=O)C1. The van der Waals surface area contributed by atoms with E-state index in [0.29, 0.717) is 12.4 Å². The van der Waals surface area contributed by atoms with Crippen LogP contribution in [0.2, 0.25) is 0 Å². The summed E-state index contributed by atoms with van der Waals surface area (Å²) in [6, 6.07) is 12.2. The largest absolute Gasteiger partial charge is 0.306 e.